The van der Waals surface area contributed by atoms with Gasteiger partial charge in [0, 0.05) is 19.2 Å². The Morgan fingerprint density at radius 1 is 0.968 bits per heavy atom. The summed E-state index contributed by atoms with van der Waals surface area (Å²) in [5, 5.41) is 0.953. The Bertz CT molecular complexity index is 1060. The zero-order chi connectivity index (χ0) is 22.6. The van der Waals surface area contributed by atoms with Crippen LogP contribution < -0.4 is 4.74 Å². The van der Waals surface area contributed by atoms with Gasteiger partial charge in [0.05, 0.1) is 0 Å². The summed E-state index contributed by atoms with van der Waals surface area (Å²) in [6.07, 6.45) is -0.677. The number of ether oxygens (including phenoxy) is 3. The predicted octanol–water partition coefficient (Wildman–Crippen LogP) is 5.48. The molecule has 31 heavy (non-hydrogen) atoms. The van der Waals surface area contributed by atoms with Crippen molar-refractivity contribution in [2.45, 2.75) is 52.7 Å². The van der Waals surface area contributed by atoms with Crippen LogP contribution in [0.3, 0.4) is 0 Å². The second kappa shape index (κ2) is 9.25. The number of hydrogen-bond acceptors (Lipinski definition) is 6. The Morgan fingerprint density at radius 2 is 1.68 bits per heavy atom. The van der Waals surface area contributed by atoms with Gasteiger partial charge in [0.1, 0.15) is 30.3 Å². The van der Waals surface area contributed by atoms with Gasteiger partial charge in [-0.3, -0.25) is 9.59 Å². The van der Waals surface area contributed by atoms with Crippen LogP contribution in [0.25, 0.3) is 11.0 Å². The van der Waals surface area contributed by atoms with E-state index in [1.807, 2.05) is 30.3 Å². The predicted molar refractivity (Wildman–Crippen MR) is 117 cm³/mol. The lowest BCUT2D eigenvalue weighted by Gasteiger charge is -2.18. The second-order valence-electron chi connectivity index (χ2n) is 8.48. The van der Waals surface area contributed by atoms with Gasteiger partial charge < -0.3 is 18.6 Å². The fourth-order valence-electron chi connectivity index (χ4n) is 3.10. The maximum absolute atomic E-state index is 11.7. The largest absolute Gasteiger partial charge is 0.489 e. The van der Waals surface area contributed by atoms with Crippen LogP contribution in [0.1, 0.15) is 57.6 Å². The molecule has 0 amide bonds. The standard InChI is InChI=1S/C25H28O6/c1-16(26)28-14-18-6-9-21(10-7-18)29-15-24(30-17(2)27)23-13-19-12-20(25(3,4)5)8-11-22(19)31-23/h6-13,24H,14-15H2,1-5H3. The van der Waals surface area contributed by atoms with Crippen molar-refractivity contribution in [3.05, 3.63) is 65.4 Å². The van der Waals surface area contributed by atoms with Crippen molar-refractivity contribution in [1.82, 2.24) is 0 Å². The molecule has 0 aliphatic carbocycles. The summed E-state index contributed by atoms with van der Waals surface area (Å²) in [5.41, 5.74) is 2.80. The highest BCUT2D eigenvalue weighted by molar-refractivity contribution is 5.79. The zero-order valence-electron chi connectivity index (χ0n) is 18.6. The number of esters is 2. The summed E-state index contributed by atoms with van der Waals surface area (Å²) < 4.78 is 22.2. The quantitative estimate of drug-likeness (QED) is 0.468. The lowest BCUT2D eigenvalue weighted by Crippen LogP contribution is -2.16. The van der Waals surface area contributed by atoms with Crippen molar-refractivity contribution in [2.24, 2.45) is 0 Å². The summed E-state index contributed by atoms with van der Waals surface area (Å²) in [7, 11) is 0. The van der Waals surface area contributed by atoms with E-state index in [0.717, 1.165) is 16.5 Å². The third kappa shape index (κ3) is 6.10. The summed E-state index contributed by atoms with van der Waals surface area (Å²) in [6.45, 7) is 9.51. The fraction of sp³-hybridized carbons (Fsp3) is 0.360. The van der Waals surface area contributed by atoms with Gasteiger partial charge in [-0.25, -0.2) is 0 Å². The van der Waals surface area contributed by atoms with Gasteiger partial charge >= 0.3 is 11.9 Å². The van der Waals surface area contributed by atoms with Crippen LogP contribution in [0.15, 0.2) is 52.9 Å². The van der Waals surface area contributed by atoms with E-state index in [4.69, 9.17) is 18.6 Å². The smallest absolute Gasteiger partial charge is 0.303 e. The number of benzene rings is 2. The first kappa shape index (κ1) is 22.4. The van der Waals surface area contributed by atoms with Gasteiger partial charge in [0.2, 0.25) is 0 Å². The monoisotopic (exact) mass is 424 g/mol. The zero-order valence-corrected chi connectivity index (χ0v) is 18.6. The molecule has 6 heteroatoms. The van der Waals surface area contributed by atoms with Gasteiger partial charge in [-0.1, -0.05) is 39.0 Å². The molecule has 1 unspecified atom stereocenters. The number of hydrogen-bond donors (Lipinski definition) is 0. The summed E-state index contributed by atoms with van der Waals surface area (Å²) in [4.78, 5) is 22.6. The van der Waals surface area contributed by atoms with Crippen molar-refractivity contribution in [3.63, 3.8) is 0 Å². The molecule has 0 fully saturated rings. The van der Waals surface area contributed by atoms with Crippen LogP contribution in [0.2, 0.25) is 0 Å². The van der Waals surface area contributed by atoms with E-state index < -0.39 is 12.1 Å². The molecule has 164 valence electrons. The molecule has 0 N–H and O–H groups in total. The average molecular weight is 424 g/mol. The minimum Gasteiger partial charge on any atom is -0.489 e. The molecule has 0 bridgehead atoms. The Balaban J connectivity index is 1.74. The molecule has 0 saturated carbocycles. The Hall–Kier alpha value is -3.28. The third-order valence-corrected chi connectivity index (χ3v) is 4.79. The molecule has 0 radical (unpaired) electrons. The fourth-order valence-corrected chi connectivity index (χ4v) is 3.10. The van der Waals surface area contributed by atoms with E-state index in [1.54, 1.807) is 12.1 Å². The molecule has 3 rings (SSSR count). The van der Waals surface area contributed by atoms with Crippen LogP contribution >= 0.6 is 0 Å². The number of carbonyl (C=O) groups excluding carboxylic acids is 2. The Morgan fingerprint density at radius 3 is 2.29 bits per heavy atom. The molecular formula is C25H28O6. The summed E-state index contributed by atoms with van der Waals surface area (Å²) >= 11 is 0. The van der Waals surface area contributed by atoms with Crippen LogP contribution in [-0.4, -0.2) is 18.5 Å². The first-order valence-electron chi connectivity index (χ1n) is 10.2. The molecular weight excluding hydrogens is 396 g/mol. The summed E-state index contributed by atoms with van der Waals surface area (Å²) in [5.74, 6) is 0.392. The van der Waals surface area contributed by atoms with Crippen LogP contribution in [-0.2, 0) is 31.1 Å². The van der Waals surface area contributed by atoms with E-state index in [0.29, 0.717) is 11.5 Å². The molecule has 0 saturated heterocycles. The van der Waals surface area contributed by atoms with Gasteiger partial charge in [-0.15, -0.1) is 0 Å². The normalized spacial score (nSPS) is 12.4. The van der Waals surface area contributed by atoms with Crippen molar-refractivity contribution in [3.8, 4) is 5.75 Å². The highest BCUT2D eigenvalue weighted by Gasteiger charge is 2.22. The molecule has 3 aromatic rings. The van der Waals surface area contributed by atoms with Crippen molar-refractivity contribution in [2.75, 3.05) is 6.61 Å². The maximum Gasteiger partial charge on any atom is 0.303 e. The van der Waals surface area contributed by atoms with E-state index in [-0.39, 0.29) is 24.6 Å². The molecule has 2 aromatic carbocycles. The number of carbonyl (C=O) groups is 2. The van der Waals surface area contributed by atoms with Gasteiger partial charge in [-0.2, -0.15) is 0 Å². The van der Waals surface area contributed by atoms with Gasteiger partial charge in [-0.05, 0) is 46.9 Å². The van der Waals surface area contributed by atoms with Crippen LogP contribution in [0.5, 0.6) is 5.75 Å². The van der Waals surface area contributed by atoms with E-state index in [1.165, 1.54) is 19.4 Å². The average Bonchev–Trinajstić information content (AvgIpc) is 3.12. The van der Waals surface area contributed by atoms with E-state index >= 15 is 0 Å². The summed E-state index contributed by atoms with van der Waals surface area (Å²) in [6, 6.07) is 15.1. The lowest BCUT2D eigenvalue weighted by atomic mass is 9.86. The van der Waals surface area contributed by atoms with E-state index in [9.17, 15) is 9.59 Å². The SMILES string of the molecule is CC(=O)OCc1ccc(OCC(OC(C)=O)c2cc3cc(C(C)(C)C)ccc3o2)cc1. The number of fused-ring (bicyclic) bond motifs is 1. The van der Waals surface area contributed by atoms with Crippen LogP contribution in [0, 0.1) is 0 Å². The highest BCUT2D eigenvalue weighted by atomic mass is 16.6. The molecule has 1 atom stereocenters. The first-order chi connectivity index (χ1) is 14.6. The molecule has 6 nitrogen and oxygen atoms in total. The maximum atomic E-state index is 11.7. The van der Waals surface area contributed by atoms with Crippen molar-refractivity contribution in [1.29, 1.82) is 0 Å². The van der Waals surface area contributed by atoms with Crippen molar-refractivity contribution < 1.29 is 28.2 Å². The molecule has 1 aromatic heterocycles. The van der Waals surface area contributed by atoms with Crippen molar-refractivity contribution >= 4 is 22.9 Å². The Kier molecular flexibility index (Phi) is 6.68. The first-order valence-corrected chi connectivity index (χ1v) is 10.2. The minimum absolute atomic E-state index is 0.0195. The molecule has 1 heterocycles. The topological polar surface area (TPSA) is 75.0 Å². The molecule has 0 aliphatic rings. The van der Waals surface area contributed by atoms with Gasteiger partial charge in [0.15, 0.2) is 6.10 Å². The van der Waals surface area contributed by atoms with E-state index in [2.05, 4.69) is 26.8 Å². The lowest BCUT2D eigenvalue weighted by molar-refractivity contribution is -0.149. The molecule has 0 spiro atoms. The minimum atomic E-state index is -0.677. The van der Waals surface area contributed by atoms with Crippen LogP contribution in [0.4, 0.5) is 0 Å². The second-order valence-corrected chi connectivity index (χ2v) is 8.48. The Labute approximate surface area is 182 Å². The highest BCUT2D eigenvalue weighted by Crippen LogP contribution is 2.31. The molecule has 0 aliphatic heterocycles. The van der Waals surface area contributed by atoms with Gasteiger partial charge in [0.25, 0.3) is 0 Å². The third-order valence-electron chi connectivity index (χ3n) is 4.79. The number of rotatable bonds is 7. The number of furan rings is 1.